The summed E-state index contributed by atoms with van der Waals surface area (Å²) in [5, 5.41) is 0. The summed E-state index contributed by atoms with van der Waals surface area (Å²) in [5.74, 6) is 1.35. The largest absolute Gasteiger partial charge is 0.458 e. The van der Waals surface area contributed by atoms with Crippen LogP contribution in [0.4, 0.5) is 0 Å². The van der Waals surface area contributed by atoms with E-state index in [2.05, 4.69) is 27.7 Å². The lowest BCUT2D eigenvalue weighted by Crippen LogP contribution is -2.62. The Hall–Kier alpha value is -0.530. The van der Waals surface area contributed by atoms with Crippen molar-refractivity contribution in [2.24, 2.45) is 28.1 Å². The second-order valence-corrected chi connectivity index (χ2v) is 9.66. The average Bonchev–Trinajstić information content (AvgIpc) is 2.61. The standard InChI is InChI=1S/C20H32O2/c1-5-17(2)11-12-19(4)14(13-17)7-8-15-18(3)9-6-10-20(15,19)22-16(18)21/h14-15H,5-13H2,1-4H3/t14-,15+,17-,18+,19-,20-/m1/s1. The van der Waals surface area contributed by atoms with Crippen LogP contribution in [0.1, 0.15) is 85.5 Å². The van der Waals surface area contributed by atoms with Gasteiger partial charge >= 0.3 is 5.97 Å². The number of ether oxygens (including phenoxy) is 1. The lowest BCUT2D eigenvalue weighted by molar-refractivity contribution is -0.205. The van der Waals surface area contributed by atoms with Crippen LogP contribution in [0.25, 0.3) is 0 Å². The van der Waals surface area contributed by atoms with Crippen molar-refractivity contribution in [3.63, 3.8) is 0 Å². The van der Waals surface area contributed by atoms with E-state index in [-0.39, 0.29) is 22.4 Å². The van der Waals surface area contributed by atoms with Gasteiger partial charge in [0.1, 0.15) is 5.60 Å². The Morgan fingerprint density at radius 2 is 1.86 bits per heavy atom. The minimum absolute atomic E-state index is 0.126. The van der Waals surface area contributed by atoms with E-state index in [9.17, 15) is 4.79 Å². The molecule has 2 bridgehead atoms. The quantitative estimate of drug-likeness (QED) is 0.630. The van der Waals surface area contributed by atoms with E-state index >= 15 is 0 Å². The van der Waals surface area contributed by atoms with E-state index in [0.717, 1.165) is 18.8 Å². The maximum Gasteiger partial charge on any atom is 0.312 e. The van der Waals surface area contributed by atoms with Gasteiger partial charge in [-0.3, -0.25) is 4.79 Å². The van der Waals surface area contributed by atoms with Gasteiger partial charge in [0.2, 0.25) is 0 Å². The van der Waals surface area contributed by atoms with Crippen LogP contribution < -0.4 is 0 Å². The zero-order chi connectivity index (χ0) is 15.8. The molecule has 0 amide bonds. The predicted octanol–water partition coefficient (Wildman–Crippen LogP) is 5.10. The molecule has 3 aliphatic carbocycles. The third-order valence-corrected chi connectivity index (χ3v) is 8.83. The number of carbonyl (C=O) groups excluding carboxylic acids is 1. The fraction of sp³-hybridized carbons (Fsp3) is 0.950. The van der Waals surface area contributed by atoms with Crippen LogP contribution in [0.3, 0.4) is 0 Å². The Kier molecular flexibility index (Phi) is 2.94. The van der Waals surface area contributed by atoms with Crippen LogP contribution >= 0.6 is 0 Å². The number of hydrogen-bond donors (Lipinski definition) is 0. The topological polar surface area (TPSA) is 26.3 Å². The highest BCUT2D eigenvalue weighted by atomic mass is 16.6. The Morgan fingerprint density at radius 1 is 1.09 bits per heavy atom. The molecular formula is C20H32O2. The second-order valence-electron chi connectivity index (χ2n) is 9.66. The van der Waals surface area contributed by atoms with E-state index in [1.165, 1.54) is 44.9 Å². The van der Waals surface area contributed by atoms with Gasteiger partial charge in [-0.25, -0.2) is 0 Å². The summed E-state index contributed by atoms with van der Waals surface area (Å²) in [7, 11) is 0. The molecular weight excluding hydrogens is 272 g/mol. The molecule has 124 valence electrons. The molecule has 22 heavy (non-hydrogen) atoms. The molecule has 1 saturated heterocycles. The zero-order valence-electron chi connectivity index (χ0n) is 14.8. The van der Waals surface area contributed by atoms with Crippen molar-refractivity contribution in [3.8, 4) is 0 Å². The van der Waals surface area contributed by atoms with Crippen molar-refractivity contribution in [1.82, 2.24) is 0 Å². The normalized spacial score (nSPS) is 57.0. The van der Waals surface area contributed by atoms with Gasteiger partial charge in [-0.15, -0.1) is 0 Å². The Labute approximate surface area is 135 Å². The molecule has 0 N–H and O–H groups in total. The van der Waals surface area contributed by atoms with Gasteiger partial charge in [-0.05, 0) is 69.6 Å². The van der Waals surface area contributed by atoms with E-state index in [0.29, 0.717) is 11.3 Å². The molecule has 4 rings (SSSR count). The highest BCUT2D eigenvalue weighted by Gasteiger charge is 2.73. The van der Waals surface area contributed by atoms with Crippen LogP contribution in [0.2, 0.25) is 0 Å². The Morgan fingerprint density at radius 3 is 2.59 bits per heavy atom. The SMILES string of the molecule is CC[C@]1(C)CC[C@]2(C)[C@H](CC[C@H]3[C@]4(C)CCC[C@@]32OC4=O)C1. The Bertz CT molecular complexity index is 514. The van der Waals surface area contributed by atoms with E-state index in [1.807, 2.05) is 0 Å². The molecule has 6 atom stereocenters. The molecule has 4 aliphatic rings. The van der Waals surface area contributed by atoms with Gasteiger partial charge in [0.15, 0.2) is 0 Å². The van der Waals surface area contributed by atoms with Crippen molar-refractivity contribution >= 4 is 5.97 Å². The van der Waals surface area contributed by atoms with Gasteiger partial charge in [0.05, 0.1) is 5.41 Å². The average molecular weight is 304 g/mol. The molecule has 1 heterocycles. The maximum absolute atomic E-state index is 12.7. The minimum atomic E-state index is -0.183. The molecule has 2 nitrogen and oxygen atoms in total. The third-order valence-electron chi connectivity index (χ3n) is 8.83. The van der Waals surface area contributed by atoms with Crippen molar-refractivity contribution in [1.29, 1.82) is 0 Å². The molecule has 1 aliphatic heterocycles. The van der Waals surface area contributed by atoms with Gasteiger partial charge in [0, 0.05) is 11.3 Å². The predicted molar refractivity (Wildman–Crippen MR) is 87.4 cm³/mol. The molecule has 0 spiro atoms. The first-order chi connectivity index (χ1) is 10.3. The van der Waals surface area contributed by atoms with Crippen molar-refractivity contribution < 1.29 is 9.53 Å². The van der Waals surface area contributed by atoms with Crippen LogP contribution in [-0.2, 0) is 9.53 Å². The molecule has 0 radical (unpaired) electrons. The molecule has 0 unspecified atom stereocenters. The van der Waals surface area contributed by atoms with Crippen molar-refractivity contribution in [2.75, 3.05) is 0 Å². The van der Waals surface area contributed by atoms with Crippen LogP contribution in [0.5, 0.6) is 0 Å². The minimum Gasteiger partial charge on any atom is -0.458 e. The van der Waals surface area contributed by atoms with Crippen LogP contribution in [0.15, 0.2) is 0 Å². The maximum atomic E-state index is 12.7. The van der Waals surface area contributed by atoms with Gasteiger partial charge in [-0.2, -0.15) is 0 Å². The number of rotatable bonds is 1. The third kappa shape index (κ3) is 1.55. The van der Waals surface area contributed by atoms with Gasteiger partial charge in [0.25, 0.3) is 0 Å². The monoisotopic (exact) mass is 304 g/mol. The van der Waals surface area contributed by atoms with Crippen molar-refractivity contribution in [2.45, 2.75) is 91.1 Å². The fourth-order valence-corrected chi connectivity index (χ4v) is 6.94. The fourth-order valence-electron chi connectivity index (χ4n) is 6.94. The Balaban J connectivity index is 1.75. The number of hydrogen-bond acceptors (Lipinski definition) is 2. The first-order valence-electron chi connectivity index (χ1n) is 9.53. The molecule has 0 aromatic rings. The van der Waals surface area contributed by atoms with E-state index in [1.54, 1.807) is 0 Å². The second kappa shape index (κ2) is 4.30. The summed E-state index contributed by atoms with van der Waals surface area (Å²) in [4.78, 5) is 12.7. The number of carbonyl (C=O) groups is 1. The number of fused-ring (bicyclic) bond motifs is 1. The van der Waals surface area contributed by atoms with E-state index < -0.39 is 0 Å². The highest BCUT2D eigenvalue weighted by molar-refractivity contribution is 5.81. The first-order valence-corrected chi connectivity index (χ1v) is 9.53. The summed E-state index contributed by atoms with van der Waals surface area (Å²) in [6.45, 7) is 9.49. The summed E-state index contributed by atoms with van der Waals surface area (Å²) < 4.78 is 6.32. The number of esters is 1. The highest BCUT2D eigenvalue weighted by Crippen LogP contribution is 2.71. The molecule has 0 aromatic carbocycles. The van der Waals surface area contributed by atoms with Crippen LogP contribution in [-0.4, -0.2) is 11.6 Å². The summed E-state index contributed by atoms with van der Waals surface area (Å²) in [6.07, 6.45) is 11.0. The lowest BCUT2D eigenvalue weighted by atomic mass is 9.42. The smallest absolute Gasteiger partial charge is 0.312 e. The summed E-state index contributed by atoms with van der Waals surface area (Å²) in [5.41, 5.74) is 0.416. The summed E-state index contributed by atoms with van der Waals surface area (Å²) >= 11 is 0. The lowest BCUT2D eigenvalue weighted by Gasteiger charge is -2.62. The van der Waals surface area contributed by atoms with Crippen LogP contribution in [0, 0.1) is 28.1 Å². The van der Waals surface area contributed by atoms with Gasteiger partial charge < -0.3 is 4.74 Å². The summed E-state index contributed by atoms with van der Waals surface area (Å²) in [6, 6.07) is 0. The molecule has 0 aromatic heterocycles. The zero-order valence-corrected chi connectivity index (χ0v) is 14.8. The molecule has 3 saturated carbocycles. The molecule has 2 heteroatoms. The molecule has 4 fully saturated rings. The van der Waals surface area contributed by atoms with E-state index in [4.69, 9.17) is 4.74 Å². The first kappa shape index (κ1) is 15.0. The van der Waals surface area contributed by atoms with Gasteiger partial charge in [-0.1, -0.05) is 27.2 Å². The van der Waals surface area contributed by atoms with Crippen molar-refractivity contribution in [3.05, 3.63) is 0 Å².